The Hall–Kier alpha value is -0.740. The lowest BCUT2D eigenvalue weighted by molar-refractivity contribution is 0.409. The molecule has 0 saturated carbocycles. The van der Waals surface area contributed by atoms with Gasteiger partial charge < -0.3 is 4.74 Å². The Morgan fingerprint density at radius 1 is 1.40 bits per heavy atom. The molecule has 0 aromatic heterocycles. The van der Waals surface area contributed by atoms with Gasteiger partial charge >= 0.3 is 0 Å². The molecule has 0 heterocycles. The first-order valence-electron chi connectivity index (χ1n) is 4.44. The van der Waals surface area contributed by atoms with Crippen molar-refractivity contribution in [3.8, 4) is 5.75 Å². The van der Waals surface area contributed by atoms with E-state index in [2.05, 4.69) is 0 Å². The Labute approximate surface area is 94.4 Å². The maximum Gasteiger partial charge on any atom is 0.239 e. The minimum Gasteiger partial charge on any atom is -0.496 e. The third kappa shape index (κ3) is 2.86. The maximum atomic E-state index is 11.2. The molecule has 0 saturated heterocycles. The van der Waals surface area contributed by atoms with E-state index in [-0.39, 0.29) is 0 Å². The molecule has 1 atom stereocenters. The van der Waals surface area contributed by atoms with Crippen LogP contribution in [0.4, 0.5) is 0 Å². The number of ether oxygens (including phenoxy) is 1. The van der Waals surface area contributed by atoms with E-state index in [1.54, 1.807) is 19.1 Å². The molecular weight excluding hydrogens is 236 g/mol. The molecule has 84 valence electrons. The molecule has 3 nitrogen and oxygen atoms in total. The number of hydrogen-bond donors (Lipinski definition) is 0. The van der Waals surface area contributed by atoms with Gasteiger partial charge in [-0.2, -0.15) is 0 Å². The largest absolute Gasteiger partial charge is 0.496 e. The predicted octanol–water partition coefficient (Wildman–Crippen LogP) is 2.63. The van der Waals surface area contributed by atoms with E-state index in [1.807, 2.05) is 13.0 Å². The Morgan fingerprint density at radius 2 is 2.00 bits per heavy atom. The van der Waals surface area contributed by atoms with Crippen molar-refractivity contribution < 1.29 is 13.2 Å². The van der Waals surface area contributed by atoms with E-state index in [9.17, 15) is 8.42 Å². The molecular formula is C10H13ClO3S. The van der Waals surface area contributed by atoms with E-state index >= 15 is 0 Å². The fraction of sp³-hybridized carbons (Fsp3) is 0.400. The monoisotopic (exact) mass is 248 g/mol. The van der Waals surface area contributed by atoms with Crippen LogP contribution in [0.15, 0.2) is 18.2 Å². The molecule has 1 rings (SSSR count). The highest BCUT2D eigenvalue weighted by Gasteiger charge is 2.23. The van der Waals surface area contributed by atoms with Crippen molar-refractivity contribution in [2.45, 2.75) is 19.1 Å². The summed E-state index contributed by atoms with van der Waals surface area (Å²) in [6, 6.07) is 5.36. The first-order valence-corrected chi connectivity index (χ1v) is 6.81. The number of methoxy groups -OCH3 is 1. The van der Waals surface area contributed by atoms with Crippen molar-refractivity contribution in [2.75, 3.05) is 7.11 Å². The summed E-state index contributed by atoms with van der Waals surface area (Å²) >= 11 is 0. The number of benzene rings is 1. The Kier molecular flexibility index (Phi) is 3.62. The fourth-order valence-electron chi connectivity index (χ4n) is 1.32. The average molecular weight is 249 g/mol. The van der Waals surface area contributed by atoms with Crippen molar-refractivity contribution >= 4 is 19.7 Å². The highest BCUT2D eigenvalue weighted by molar-refractivity contribution is 8.13. The van der Waals surface area contributed by atoms with Crippen molar-refractivity contribution in [2.24, 2.45) is 0 Å². The molecule has 0 aliphatic rings. The highest BCUT2D eigenvalue weighted by atomic mass is 35.7. The normalized spacial score (nSPS) is 13.6. The van der Waals surface area contributed by atoms with Crippen LogP contribution < -0.4 is 4.74 Å². The van der Waals surface area contributed by atoms with Crippen LogP contribution in [0.25, 0.3) is 0 Å². The quantitative estimate of drug-likeness (QED) is 0.773. The maximum absolute atomic E-state index is 11.2. The van der Waals surface area contributed by atoms with Gasteiger partial charge in [0.05, 0.1) is 7.11 Å². The third-order valence-corrected chi connectivity index (χ3v) is 4.15. The SMILES string of the molecule is COc1ccc(C)cc1C(C)S(=O)(=O)Cl. The fourth-order valence-corrected chi connectivity index (χ4v) is 2.10. The van der Waals surface area contributed by atoms with Crippen LogP contribution >= 0.6 is 10.7 Å². The lowest BCUT2D eigenvalue weighted by Gasteiger charge is -2.13. The van der Waals surface area contributed by atoms with Crippen LogP contribution in [0.3, 0.4) is 0 Å². The molecule has 5 heteroatoms. The summed E-state index contributed by atoms with van der Waals surface area (Å²) in [6.45, 7) is 3.43. The van der Waals surface area contributed by atoms with Crippen molar-refractivity contribution in [1.29, 1.82) is 0 Å². The highest BCUT2D eigenvalue weighted by Crippen LogP contribution is 2.32. The standard InChI is InChI=1S/C10H13ClO3S/c1-7-4-5-10(14-3)9(6-7)8(2)15(11,12)13/h4-6,8H,1-3H3. The molecule has 15 heavy (non-hydrogen) atoms. The smallest absolute Gasteiger partial charge is 0.239 e. The van der Waals surface area contributed by atoms with Crippen LogP contribution in [-0.4, -0.2) is 15.5 Å². The number of rotatable bonds is 3. The molecule has 0 N–H and O–H groups in total. The summed E-state index contributed by atoms with van der Waals surface area (Å²) in [6.07, 6.45) is 0. The summed E-state index contributed by atoms with van der Waals surface area (Å²) in [5.41, 5.74) is 1.56. The third-order valence-electron chi connectivity index (χ3n) is 2.25. The topological polar surface area (TPSA) is 43.4 Å². The van der Waals surface area contributed by atoms with Crippen molar-refractivity contribution in [1.82, 2.24) is 0 Å². The van der Waals surface area contributed by atoms with Gasteiger partial charge in [-0.15, -0.1) is 0 Å². The van der Waals surface area contributed by atoms with Gasteiger partial charge in [0.15, 0.2) is 0 Å². The van der Waals surface area contributed by atoms with Crippen LogP contribution in [0.5, 0.6) is 5.75 Å². The van der Waals surface area contributed by atoms with Crippen LogP contribution in [-0.2, 0) is 9.05 Å². The van der Waals surface area contributed by atoms with Gasteiger partial charge in [-0.3, -0.25) is 0 Å². The summed E-state index contributed by atoms with van der Waals surface area (Å²) in [5, 5.41) is -0.769. The van der Waals surface area contributed by atoms with E-state index < -0.39 is 14.3 Å². The predicted molar refractivity (Wildman–Crippen MR) is 60.9 cm³/mol. The first kappa shape index (κ1) is 12.3. The van der Waals surface area contributed by atoms with Crippen molar-refractivity contribution in [3.63, 3.8) is 0 Å². The van der Waals surface area contributed by atoms with Gasteiger partial charge in [-0.1, -0.05) is 17.7 Å². The number of aryl methyl sites for hydroxylation is 1. The van der Waals surface area contributed by atoms with Crippen LogP contribution in [0.2, 0.25) is 0 Å². The van der Waals surface area contributed by atoms with Gasteiger partial charge in [0.25, 0.3) is 0 Å². The van der Waals surface area contributed by atoms with Crippen molar-refractivity contribution in [3.05, 3.63) is 29.3 Å². The molecule has 0 aliphatic heterocycles. The molecule has 0 bridgehead atoms. The van der Waals surface area contributed by atoms with E-state index in [0.29, 0.717) is 11.3 Å². The molecule has 1 aromatic carbocycles. The summed E-state index contributed by atoms with van der Waals surface area (Å²) < 4.78 is 27.5. The van der Waals surface area contributed by atoms with E-state index in [4.69, 9.17) is 15.4 Å². The lowest BCUT2D eigenvalue weighted by Crippen LogP contribution is -2.05. The molecule has 1 unspecified atom stereocenters. The van der Waals surface area contributed by atoms with Crippen LogP contribution in [0, 0.1) is 6.92 Å². The zero-order chi connectivity index (χ0) is 11.6. The van der Waals surface area contributed by atoms with E-state index in [0.717, 1.165) is 5.56 Å². The zero-order valence-corrected chi connectivity index (χ0v) is 10.4. The Balaban J connectivity index is 3.29. The average Bonchev–Trinajstić information content (AvgIpc) is 2.15. The first-order chi connectivity index (χ1) is 6.86. The summed E-state index contributed by atoms with van der Waals surface area (Å²) in [4.78, 5) is 0. The minimum absolute atomic E-state index is 0.539. The van der Waals surface area contributed by atoms with Gasteiger partial charge in [0.1, 0.15) is 11.0 Å². The second-order valence-electron chi connectivity index (χ2n) is 3.36. The summed E-state index contributed by atoms with van der Waals surface area (Å²) in [5.74, 6) is 0.539. The zero-order valence-electron chi connectivity index (χ0n) is 8.82. The molecule has 0 fully saturated rings. The Bertz CT molecular complexity index is 454. The minimum atomic E-state index is -3.61. The molecule has 0 spiro atoms. The van der Waals surface area contributed by atoms with Gasteiger partial charge in [0.2, 0.25) is 9.05 Å². The molecule has 0 radical (unpaired) electrons. The molecule has 1 aromatic rings. The van der Waals surface area contributed by atoms with E-state index in [1.165, 1.54) is 7.11 Å². The molecule has 0 amide bonds. The summed E-state index contributed by atoms with van der Waals surface area (Å²) in [7, 11) is 3.20. The number of hydrogen-bond acceptors (Lipinski definition) is 3. The van der Waals surface area contributed by atoms with Gasteiger partial charge in [-0.05, 0) is 19.9 Å². The van der Waals surface area contributed by atoms with Gasteiger partial charge in [0, 0.05) is 16.2 Å². The Morgan fingerprint density at radius 3 is 2.47 bits per heavy atom. The number of halogens is 1. The molecule has 0 aliphatic carbocycles. The second kappa shape index (κ2) is 4.41. The second-order valence-corrected chi connectivity index (χ2v) is 6.31. The van der Waals surface area contributed by atoms with Crippen LogP contribution in [0.1, 0.15) is 23.3 Å². The lowest BCUT2D eigenvalue weighted by atomic mass is 10.1. The van der Waals surface area contributed by atoms with Gasteiger partial charge in [-0.25, -0.2) is 8.42 Å².